The SMILES string of the molecule is CC(=NNC(N)=O)c1csc(C)n1. The van der Waals surface area contributed by atoms with Crippen LogP contribution in [0.1, 0.15) is 17.6 Å². The number of hydrogen-bond donors (Lipinski definition) is 2. The number of nitrogens with two attached hydrogens (primary N) is 1. The number of aryl methyl sites for hydroxylation is 1. The van der Waals surface area contributed by atoms with Crippen molar-refractivity contribution in [1.82, 2.24) is 10.4 Å². The van der Waals surface area contributed by atoms with E-state index in [4.69, 9.17) is 5.73 Å². The number of carbonyl (C=O) groups is 1. The van der Waals surface area contributed by atoms with Crippen molar-refractivity contribution in [2.75, 3.05) is 0 Å². The Labute approximate surface area is 79.7 Å². The van der Waals surface area contributed by atoms with Gasteiger partial charge in [-0.2, -0.15) is 5.10 Å². The van der Waals surface area contributed by atoms with Gasteiger partial charge in [-0.25, -0.2) is 15.2 Å². The minimum atomic E-state index is -0.675. The van der Waals surface area contributed by atoms with E-state index in [0.29, 0.717) is 5.71 Å². The lowest BCUT2D eigenvalue weighted by molar-refractivity contribution is 0.249. The molecule has 0 aliphatic carbocycles. The molecule has 3 N–H and O–H groups in total. The number of primary amides is 1. The van der Waals surface area contributed by atoms with E-state index in [1.54, 1.807) is 6.92 Å². The third-order valence-electron chi connectivity index (χ3n) is 1.32. The van der Waals surface area contributed by atoms with Crippen LogP contribution >= 0.6 is 11.3 Å². The van der Waals surface area contributed by atoms with Crippen LogP contribution in [0.2, 0.25) is 0 Å². The van der Waals surface area contributed by atoms with Gasteiger partial charge >= 0.3 is 6.03 Å². The Morgan fingerprint density at radius 1 is 1.77 bits per heavy atom. The van der Waals surface area contributed by atoms with Gasteiger partial charge in [-0.3, -0.25) is 0 Å². The third-order valence-corrected chi connectivity index (χ3v) is 2.10. The molecule has 70 valence electrons. The Hall–Kier alpha value is -1.43. The van der Waals surface area contributed by atoms with Gasteiger partial charge in [0.2, 0.25) is 0 Å². The second kappa shape index (κ2) is 3.99. The van der Waals surface area contributed by atoms with Crippen LogP contribution in [0.4, 0.5) is 4.79 Å². The number of aromatic nitrogens is 1. The van der Waals surface area contributed by atoms with Crippen LogP contribution in [0.25, 0.3) is 0 Å². The van der Waals surface area contributed by atoms with E-state index in [1.807, 2.05) is 12.3 Å². The smallest absolute Gasteiger partial charge is 0.332 e. The first-order chi connectivity index (χ1) is 6.09. The van der Waals surface area contributed by atoms with Crippen molar-refractivity contribution >= 4 is 23.1 Å². The summed E-state index contributed by atoms with van der Waals surface area (Å²) in [6, 6.07) is -0.675. The molecule has 13 heavy (non-hydrogen) atoms. The molecule has 0 aliphatic heterocycles. The van der Waals surface area contributed by atoms with Gasteiger partial charge < -0.3 is 5.73 Å². The summed E-state index contributed by atoms with van der Waals surface area (Å²) in [5.41, 5.74) is 8.40. The highest BCUT2D eigenvalue weighted by Crippen LogP contribution is 2.08. The lowest BCUT2D eigenvalue weighted by Gasteiger charge is -1.95. The molecule has 1 aromatic rings. The maximum Gasteiger partial charge on any atom is 0.332 e. The Bertz CT molecular complexity index is 344. The highest BCUT2D eigenvalue weighted by atomic mass is 32.1. The summed E-state index contributed by atoms with van der Waals surface area (Å²) >= 11 is 1.53. The van der Waals surface area contributed by atoms with Gasteiger partial charge in [0.1, 0.15) is 0 Å². The van der Waals surface area contributed by atoms with Crippen LogP contribution in [-0.2, 0) is 0 Å². The molecule has 0 radical (unpaired) electrons. The maximum absolute atomic E-state index is 10.3. The highest BCUT2D eigenvalue weighted by Gasteiger charge is 2.01. The molecule has 0 saturated heterocycles. The summed E-state index contributed by atoms with van der Waals surface area (Å²) in [5, 5.41) is 6.58. The Kier molecular flexibility index (Phi) is 2.97. The molecule has 0 bridgehead atoms. The molecule has 6 heteroatoms. The number of carbonyl (C=O) groups excluding carboxylic acids is 1. The Morgan fingerprint density at radius 3 is 2.92 bits per heavy atom. The minimum Gasteiger partial charge on any atom is -0.350 e. The number of rotatable bonds is 2. The molecule has 0 saturated carbocycles. The Balaban J connectivity index is 2.72. The van der Waals surface area contributed by atoms with Gasteiger partial charge in [0, 0.05) is 5.38 Å². The molecule has 0 fully saturated rings. The molecule has 0 spiro atoms. The van der Waals surface area contributed by atoms with E-state index < -0.39 is 6.03 Å². The fraction of sp³-hybridized carbons (Fsp3) is 0.286. The second-order valence-electron chi connectivity index (χ2n) is 2.43. The quantitative estimate of drug-likeness (QED) is 0.545. The highest BCUT2D eigenvalue weighted by molar-refractivity contribution is 7.09. The van der Waals surface area contributed by atoms with Crippen molar-refractivity contribution in [2.24, 2.45) is 10.8 Å². The van der Waals surface area contributed by atoms with Crippen LogP contribution < -0.4 is 11.2 Å². The van der Waals surface area contributed by atoms with Crippen molar-refractivity contribution in [3.63, 3.8) is 0 Å². The van der Waals surface area contributed by atoms with E-state index in [1.165, 1.54) is 11.3 Å². The predicted octanol–water partition coefficient (Wildman–Crippen LogP) is 0.844. The molecule has 1 heterocycles. The summed E-state index contributed by atoms with van der Waals surface area (Å²) in [6.07, 6.45) is 0. The summed E-state index contributed by atoms with van der Waals surface area (Å²) in [5.74, 6) is 0. The van der Waals surface area contributed by atoms with Gasteiger partial charge in [0.25, 0.3) is 0 Å². The Morgan fingerprint density at radius 2 is 2.46 bits per heavy atom. The summed E-state index contributed by atoms with van der Waals surface area (Å²) in [6.45, 7) is 3.66. The molecular formula is C7H10N4OS. The van der Waals surface area contributed by atoms with Crippen molar-refractivity contribution in [3.8, 4) is 0 Å². The van der Waals surface area contributed by atoms with E-state index in [2.05, 4.69) is 15.5 Å². The summed E-state index contributed by atoms with van der Waals surface area (Å²) in [4.78, 5) is 14.5. The fourth-order valence-electron chi connectivity index (χ4n) is 0.726. The molecule has 1 rings (SSSR count). The summed E-state index contributed by atoms with van der Waals surface area (Å²) < 4.78 is 0. The van der Waals surface area contributed by atoms with Gasteiger partial charge in [-0.1, -0.05) is 0 Å². The topological polar surface area (TPSA) is 80.4 Å². The number of hydrogen-bond acceptors (Lipinski definition) is 4. The van der Waals surface area contributed by atoms with Crippen LogP contribution in [0.5, 0.6) is 0 Å². The number of nitrogens with one attached hydrogen (secondary N) is 1. The lowest BCUT2D eigenvalue weighted by Crippen LogP contribution is -2.25. The largest absolute Gasteiger partial charge is 0.350 e. The molecular weight excluding hydrogens is 188 g/mol. The average Bonchev–Trinajstić information content (AvgIpc) is 2.47. The van der Waals surface area contributed by atoms with Gasteiger partial charge in [-0.15, -0.1) is 11.3 Å². The molecule has 0 unspecified atom stereocenters. The zero-order valence-corrected chi connectivity index (χ0v) is 8.18. The first-order valence-electron chi connectivity index (χ1n) is 3.62. The molecule has 5 nitrogen and oxygen atoms in total. The third kappa shape index (κ3) is 2.83. The van der Waals surface area contributed by atoms with Crippen LogP contribution in [0.3, 0.4) is 0 Å². The lowest BCUT2D eigenvalue weighted by atomic mass is 10.3. The van der Waals surface area contributed by atoms with Crippen molar-refractivity contribution < 1.29 is 4.79 Å². The number of nitrogens with zero attached hydrogens (tertiary/aromatic N) is 2. The van der Waals surface area contributed by atoms with E-state index in [0.717, 1.165) is 10.7 Å². The summed E-state index contributed by atoms with van der Waals surface area (Å²) in [7, 11) is 0. The molecule has 1 aromatic heterocycles. The molecule has 0 atom stereocenters. The number of hydrazone groups is 1. The zero-order chi connectivity index (χ0) is 9.84. The van der Waals surface area contributed by atoms with Gasteiger partial charge in [-0.05, 0) is 13.8 Å². The standard InChI is InChI=1S/C7H10N4OS/c1-4(10-11-7(8)12)6-3-13-5(2)9-6/h3H,1-2H3,(H3,8,11,12). The monoisotopic (exact) mass is 198 g/mol. The normalized spacial score (nSPS) is 11.4. The molecule has 0 aliphatic rings. The average molecular weight is 198 g/mol. The molecule has 2 amide bonds. The van der Waals surface area contributed by atoms with E-state index in [9.17, 15) is 4.79 Å². The number of thiazole rings is 1. The first kappa shape index (κ1) is 9.66. The first-order valence-corrected chi connectivity index (χ1v) is 4.50. The number of amides is 2. The van der Waals surface area contributed by atoms with Crippen molar-refractivity contribution in [2.45, 2.75) is 13.8 Å². The van der Waals surface area contributed by atoms with Gasteiger partial charge in [0.15, 0.2) is 0 Å². The van der Waals surface area contributed by atoms with Crippen LogP contribution in [0, 0.1) is 6.92 Å². The maximum atomic E-state index is 10.3. The van der Waals surface area contributed by atoms with Crippen LogP contribution in [-0.4, -0.2) is 16.7 Å². The zero-order valence-electron chi connectivity index (χ0n) is 7.37. The predicted molar refractivity (Wildman–Crippen MR) is 51.8 cm³/mol. The van der Waals surface area contributed by atoms with Crippen molar-refractivity contribution in [1.29, 1.82) is 0 Å². The number of urea groups is 1. The fourth-order valence-corrected chi connectivity index (χ4v) is 1.38. The van der Waals surface area contributed by atoms with Gasteiger partial charge in [0.05, 0.1) is 16.4 Å². The molecule has 0 aromatic carbocycles. The minimum absolute atomic E-state index is 0.642. The van der Waals surface area contributed by atoms with E-state index in [-0.39, 0.29) is 0 Å². The second-order valence-corrected chi connectivity index (χ2v) is 3.49. The van der Waals surface area contributed by atoms with Crippen molar-refractivity contribution in [3.05, 3.63) is 16.1 Å². The van der Waals surface area contributed by atoms with E-state index >= 15 is 0 Å². The van der Waals surface area contributed by atoms with Crippen LogP contribution in [0.15, 0.2) is 10.5 Å².